The summed E-state index contributed by atoms with van der Waals surface area (Å²) in [5.41, 5.74) is 1.86. The number of methoxy groups -OCH3 is 1. The number of fused-ring (bicyclic) bond motifs is 1. The van der Waals surface area contributed by atoms with Crippen molar-refractivity contribution in [1.29, 1.82) is 0 Å². The zero-order valence-corrected chi connectivity index (χ0v) is 12.8. The average Bonchev–Trinajstić information content (AvgIpc) is 2.47. The summed E-state index contributed by atoms with van der Waals surface area (Å²) in [5.74, 6) is -0.154. The standard InChI is InChI=1S/C14H16BrN3O2/c1-20-9-10(5-6-15)18-14(19)11-3-2-4-12-13(11)17-8-7-16-12/h2-4,7-8,10H,5-6,9H2,1H3,(H,18,19). The van der Waals surface area contributed by atoms with Crippen molar-refractivity contribution < 1.29 is 9.53 Å². The molecular weight excluding hydrogens is 322 g/mol. The van der Waals surface area contributed by atoms with Gasteiger partial charge < -0.3 is 10.1 Å². The first-order valence-corrected chi connectivity index (χ1v) is 7.44. The molecule has 0 saturated carbocycles. The molecule has 0 aliphatic heterocycles. The van der Waals surface area contributed by atoms with E-state index in [4.69, 9.17) is 4.74 Å². The smallest absolute Gasteiger partial charge is 0.253 e. The van der Waals surface area contributed by atoms with Crippen LogP contribution in [0.4, 0.5) is 0 Å². The second kappa shape index (κ2) is 7.31. The van der Waals surface area contributed by atoms with Crippen molar-refractivity contribution in [3.63, 3.8) is 0 Å². The first-order chi connectivity index (χ1) is 9.76. The highest BCUT2D eigenvalue weighted by atomic mass is 79.9. The third-order valence-electron chi connectivity index (χ3n) is 2.90. The highest BCUT2D eigenvalue weighted by molar-refractivity contribution is 9.09. The maximum Gasteiger partial charge on any atom is 0.253 e. The van der Waals surface area contributed by atoms with Gasteiger partial charge in [0.2, 0.25) is 0 Å². The number of para-hydroxylation sites is 1. The number of nitrogens with one attached hydrogen (secondary N) is 1. The maximum atomic E-state index is 12.4. The van der Waals surface area contributed by atoms with Gasteiger partial charge in [-0.25, -0.2) is 0 Å². The van der Waals surface area contributed by atoms with E-state index in [0.29, 0.717) is 23.2 Å². The van der Waals surface area contributed by atoms with E-state index in [-0.39, 0.29) is 11.9 Å². The molecule has 0 saturated heterocycles. The molecule has 20 heavy (non-hydrogen) atoms. The van der Waals surface area contributed by atoms with Crippen molar-refractivity contribution in [3.8, 4) is 0 Å². The molecule has 1 aromatic heterocycles. The molecule has 0 fully saturated rings. The number of alkyl halides is 1. The lowest BCUT2D eigenvalue weighted by molar-refractivity contribution is 0.0897. The molecule has 0 radical (unpaired) electrons. The van der Waals surface area contributed by atoms with Gasteiger partial charge >= 0.3 is 0 Å². The van der Waals surface area contributed by atoms with Crippen LogP contribution in [0.2, 0.25) is 0 Å². The van der Waals surface area contributed by atoms with Crippen LogP contribution in [-0.4, -0.2) is 41.0 Å². The van der Waals surface area contributed by atoms with Crippen LogP contribution in [0.3, 0.4) is 0 Å². The predicted molar refractivity (Wildman–Crippen MR) is 81.1 cm³/mol. The molecular formula is C14H16BrN3O2. The number of carbonyl (C=O) groups is 1. The Balaban J connectivity index is 2.22. The number of hydrogen-bond acceptors (Lipinski definition) is 4. The van der Waals surface area contributed by atoms with Gasteiger partial charge in [-0.1, -0.05) is 22.0 Å². The zero-order chi connectivity index (χ0) is 14.4. The fourth-order valence-corrected chi connectivity index (χ4v) is 2.52. The number of rotatable bonds is 6. The van der Waals surface area contributed by atoms with E-state index in [1.807, 2.05) is 12.1 Å². The SMILES string of the molecule is COCC(CCBr)NC(=O)c1cccc2nccnc12. The van der Waals surface area contributed by atoms with Gasteiger partial charge in [-0.3, -0.25) is 14.8 Å². The maximum absolute atomic E-state index is 12.4. The largest absolute Gasteiger partial charge is 0.383 e. The molecule has 6 heteroatoms. The van der Waals surface area contributed by atoms with E-state index < -0.39 is 0 Å². The van der Waals surface area contributed by atoms with Gasteiger partial charge in [-0.05, 0) is 18.6 Å². The lowest BCUT2D eigenvalue weighted by Crippen LogP contribution is -2.38. The molecule has 1 N–H and O–H groups in total. The van der Waals surface area contributed by atoms with Gasteiger partial charge in [0, 0.05) is 24.8 Å². The molecule has 2 aromatic rings. The zero-order valence-electron chi connectivity index (χ0n) is 11.2. The number of halogens is 1. The number of carbonyl (C=O) groups excluding carboxylic acids is 1. The Morgan fingerprint density at radius 2 is 2.20 bits per heavy atom. The summed E-state index contributed by atoms with van der Waals surface area (Å²) in [5, 5.41) is 3.77. The second-order valence-corrected chi connectivity index (χ2v) is 5.13. The molecule has 106 valence electrons. The summed E-state index contributed by atoms with van der Waals surface area (Å²) >= 11 is 3.38. The predicted octanol–water partition coefficient (Wildman–Crippen LogP) is 2.16. The average molecular weight is 338 g/mol. The molecule has 0 bridgehead atoms. The van der Waals surface area contributed by atoms with E-state index >= 15 is 0 Å². The molecule has 0 spiro atoms. The molecule has 1 amide bonds. The lowest BCUT2D eigenvalue weighted by atomic mass is 10.1. The van der Waals surface area contributed by atoms with Gasteiger partial charge in [0.15, 0.2) is 0 Å². The van der Waals surface area contributed by atoms with E-state index in [9.17, 15) is 4.79 Å². The van der Waals surface area contributed by atoms with Crippen molar-refractivity contribution in [3.05, 3.63) is 36.2 Å². The fourth-order valence-electron chi connectivity index (χ4n) is 1.97. The van der Waals surface area contributed by atoms with Gasteiger partial charge in [-0.15, -0.1) is 0 Å². The highest BCUT2D eigenvalue weighted by Crippen LogP contribution is 2.14. The van der Waals surface area contributed by atoms with E-state index in [1.54, 1.807) is 25.6 Å². The summed E-state index contributed by atoms with van der Waals surface area (Å²) in [6, 6.07) is 5.37. The van der Waals surface area contributed by atoms with Crippen molar-refractivity contribution in [2.75, 3.05) is 19.0 Å². The van der Waals surface area contributed by atoms with Gasteiger partial charge in [0.05, 0.1) is 23.7 Å². The third-order valence-corrected chi connectivity index (χ3v) is 3.36. The Morgan fingerprint density at radius 1 is 1.40 bits per heavy atom. The number of nitrogens with zero attached hydrogens (tertiary/aromatic N) is 2. The molecule has 5 nitrogen and oxygen atoms in total. The number of amides is 1. The number of benzene rings is 1. The quantitative estimate of drug-likeness (QED) is 0.820. The summed E-state index contributed by atoms with van der Waals surface area (Å²) in [4.78, 5) is 20.8. The Labute approximate surface area is 125 Å². The molecule has 2 rings (SSSR count). The summed E-state index contributed by atoms with van der Waals surface area (Å²) in [7, 11) is 1.62. The summed E-state index contributed by atoms with van der Waals surface area (Å²) in [6.07, 6.45) is 4.00. The minimum absolute atomic E-state index is 0.0289. The van der Waals surface area contributed by atoms with E-state index in [0.717, 1.165) is 11.8 Å². The number of hydrogen-bond donors (Lipinski definition) is 1. The van der Waals surface area contributed by atoms with Crippen LogP contribution in [0.5, 0.6) is 0 Å². The Kier molecular flexibility index (Phi) is 5.43. The van der Waals surface area contributed by atoms with Crippen LogP contribution >= 0.6 is 15.9 Å². The Hall–Kier alpha value is -1.53. The molecule has 1 unspecified atom stereocenters. The topological polar surface area (TPSA) is 64.1 Å². The Bertz CT molecular complexity index is 580. The fraction of sp³-hybridized carbons (Fsp3) is 0.357. The lowest BCUT2D eigenvalue weighted by Gasteiger charge is -2.17. The van der Waals surface area contributed by atoms with Gasteiger partial charge in [0.25, 0.3) is 5.91 Å². The van der Waals surface area contributed by atoms with Crippen LogP contribution in [0, 0.1) is 0 Å². The van der Waals surface area contributed by atoms with Crippen LogP contribution in [0.25, 0.3) is 11.0 Å². The van der Waals surface area contributed by atoms with Gasteiger partial charge in [-0.2, -0.15) is 0 Å². The van der Waals surface area contributed by atoms with Crippen LogP contribution in [0.1, 0.15) is 16.8 Å². The van der Waals surface area contributed by atoms with Crippen molar-refractivity contribution >= 4 is 32.9 Å². The van der Waals surface area contributed by atoms with Crippen LogP contribution < -0.4 is 5.32 Å². The van der Waals surface area contributed by atoms with E-state index in [1.165, 1.54) is 0 Å². The molecule has 1 aromatic carbocycles. The van der Waals surface area contributed by atoms with Crippen molar-refractivity contribution in [2.45, 2.75) is 12.5 Å². The van der Waals surface area contributed by atoms with Crippen molar-refractivity contribution in [1.82, 2.24) is 15.3 Å². The minimum Gasteiger partial charge on any atom is -0.383 e. The third kappa shape index (κ3) is 3.52. The minimum atomic E-state index is -0.154. The first-order valence-electron chi connectivity index (χ1n) is 6.31. The van der Waals surface area contributed by atoms with Crippen LogP contribution in [-0.2, 0) is 4.74 Å². The molecule has 1 heterocycles. The van der Waals surface area contributed by atoms with Crippen LogP contribution in [0.15, 0.2) is 30.6 Å². The second-order valence-electron chi connectivity index (χ2n) is 4.33. The summed E-state index contributed by atoms with van der Waals surface area (Å²) < 4.78 is 5.12. The molecule has 1 atom stereocenters. The van der Waals surface area contributed by atoms with Gasteiger partial charge in [0.1, 0.15) is 5.52 Å². The van der Waals surface area contributed by atoms with E-state index in [2.05, 4.69) is 31.2 Å². The molecule has 0 aliphatic carbocycles. The highest BCUT2D eigenvalue weighted by Gasteiger charge is 2.16. The number of aromatic nitrogens is 2. The first kappa shape index (κ1) is 14.9. The number of ether oxygens (including phenoxy) is 1. The normalized spacial score (nSPS) is 12.3. The molecule has 0 aliphatic rings. The Morgan fingerprint density at radius 3 is 2.95 bits per heavy atom. The monoisotopic (exact) mass is 337 g/mol. The van der Waals surface area contributed by atoms with Crippen molar-refractivity contribution in [2.24, 2.45) is 0 Å². The summed E-state index contributed by atoms with van der Waals surface area (Å²) in [6.45, 7) is 0.480.